The van der Waals surface area contributed by atoms with E-state index in [0.29, 0.717) is 18.4 Å². The predicted molar refractivity (Wildman–Crippen MR) is 108 cm³/mol. The van der Waals surface area contributed by atoms with E-state index in [1.54, 1.807) is 4.68 Å². The molecule has 6 heteroatoms. The average molecular weight is 383 g/mol. The number of rotatable bonds is 5. The zero-order chi connectivity index (χ0) is 19.3. The van der Waals surface area contributed by atoms with Crippen LogP contribution in [-0.4, -0.2) is 35.5 Å². The number of ether oxygens (including phenoxy) is 1. The van der Waals surface area contributed by atoms with Crippen molar-refractivity contribution in [3.8, 4) is 0 Å². The Labute approximate surface area is 166 Å². The van der Waals surface area contributed by atoms with Crippen LogP contribution in [0.25, 0.3) is 0 Å². The van der Waals surface area contributed by atoms with Crippen LogP contribution < -0.4 is 10.6 Å². The van der Waals surface area contributed by atoms with Crippen molar-refractivity contribution in [3.05, 3.63) is 53.3 Å². The zero-order valence-corrected chi connectivity index (χ0v) is 16.6. The normalized spacial score (nSPS) is 22.5. The first-order valence-corrected chi connectivity index (χ1v) is 10.4. The lowest BCUT2D eigenvalue weighted by Gasteiger charge is -2.19. The van der Waals surface area contributed by atoms with Crippen LogP contribution in [0.1, 0.15) is 42.1 Å². The first-order chi connectivity index (χ1) is 13.7. The Morgan fingerprint density at radius 3 is 2.54 bits per heavy atom. The standard InChI is InChI=1S/C22H30N4O2/c1-26-15-20(14-25-26)21-19(10-11-28-21)13-24-22(27)23-12-16-6-8-17-4-2-3-5-18(17)9-7-16/h2-5,14-16,19,21H,6-13H2,1H3,(H2,23,24,27)/t19-,21+/m0/s1. The lowest BCUT2D eigenvalue weighted by molar-refractivity contribution is 0.0909. The highest BCUT2D eigenvalue weighted by molar-refractivity contribution is 5.73. The van der Waals surface area contributed by atoms with Crippen molar-refractivity contribution in [1.29, 1.82) is 0 Å². The molecule has 2 N–H and O–H groups in total. The number of amides is 2. The van der Waals surface area contributed by atoms with Gasteiger partial charge < -0.3 is 15.4 Å². The number of aryl methyl sites for hydroxylation is 3. The first-order valence-electron chi connectivity index (χ1n) is 10.4. The van der Waals surface area contributed by atoms with Gasteiger partial charge in [0, 0.05) is 44.4 Å². The highest BCUT2D eigenvalue weighted by Gasteiger charge is 2.30. The van der Waals surface area contributed by atoms with Crippen molar-refractivity contribution >= 4 is 6.03 Å². The smallest absolute Gasteiger partial charge is 0.314 e. The maximum absolute atomic E-state index is 12.3. The summed E-state index contributed by atoms with van der Waals surface area (Å²) >= 11 is 0. The number of hydrogen-bond donors (Lipinski definition) is 2. The molecule has 1 aromatic heterocycles. The summed E-state index contributed by atoms with van der Waals surface area (Å²) in [6.07, 6.45) is 9.32. The number of aromatic nitrogens is 2. The number of carbonyl (C=O) groups excluding carboxylic acids is 1. The summed E-state index contributed by atoms with van der Waals surface area (Å²) in [7, 11) is 1.91. The monoisotopic (exact) mass is 382 g/mol. The van der Waals surface area contributed by atoms with Crippen LogP contribution in [0.3, 0.4) is 0 Å². The summed E-state index contributed by atoms with van der Waals surface area (Å²) in [5.74, 6) is 0.832. The number of hydrogen-bond acceptors (Lipinski definition) is 3. The van der Waals surface area contributed by atoms with E-state index in [-0.39, 0.29) is 12.1 Å². The highest BCUT2D eigenvalue weighted by atomic mass is 16.5. The molecule has 28 heavy (non-hydrogen) atoms. The molecule has 1 saturated heterocycles. The van der Waals surface area contributed by atoms with Crippen molar-refractivity contribution in [1.82, 2.24) is 20.4 Å². The maximum atomic E-state index is 12.3. The van der Waals surface area contributed by atoms with Gasteiger partial charge in [0.2, 0.25) is 0 Å². The third-order valence-electron chi connectivity index (χ3n) is 6.11. The van der Waals surface area contributed by atoms with Crippen LogP contribution in [0.15, 0.2) is 36.7 Å². The summed E-state index contributed by atoms with van der Waals surface area (Å²) in [6.45, 7) is 2.10. The van der Waals surface area contributed by atoms with Crippen LogP contribution in [-0.2, 0) is 24.6 Å². The van der Waals surface area contributed by atoms with Gasteiger partial charge in [-0.05, 0) is 49.1 Å². The number of nitrogens with zero attached hydrogens (tertiary/aromatic N) is 2. The second kappa shape index (κ2) is 8.78. The molecule has 2 atom stereocenters. The molecular formula is C22H30N4O2. The summed E-state index contributed by atoms with van der Waals surface area (Å²) in [5.41, 5.74) is 4.03. The summed E-state index contributed by atoms with van der Waals surface area (Å²) < 4.78 is 7.66. The molecule has 2 aliphatic rings. The fourth-order valence-corrected chi connectivity index (χ4v) is 4.43. The average Bonchev–Trinajstić information content (AvgIpc) is 3.29. The highest BCUT2D eigenvalue weighted by Crippen LogP contribution is 2.33. The molecule has 0 spiro atoms. The van der Waals surface area contributed by atoms with Gasteiger partial charge >= 0.3 is 6.03 Å². The van der Waals surface area contributed by atoms with Gasteiger partial charge in [-0.25, -0.2) is 4.79 Å². The molecule has 1 aromatic carbocycles. The minimum absolute atomic E-state index is 0.0226. The van der Waals surface area contributed by atoms with Crippen LogP contribution in [0.5, 0.6) is 0 Å². The third-order valence-corrected chi connectivity index (χ3v) is 6.11. The Balaban J connectivity index is 1.21. The van der Waals surface area contributed by atoms with Crippen molar-refractivity contribution in [2.24, 2.45) is 18.9 Å². The second-order valence-corrected chi connectivity index (χ2v) is 8.09. The number of carbonyl (C=O) groups is 1. The number of benzene rings is 1. The van der Waals surface area contributed by atoms with Gasteiger partial charge in [0.1, 0.15) is 0 Å². The SMILES string of the molecule is Cn1cc([C@@H]2OCC[C@H]2CNC(=O)NCC2CCc3ccccc3CC2)cn1. The fraction of sp³-hybridized carbons (Fsp3) is 0.545. The molecule has 1 aliphatic carbocycles. The van der Waals surface area contributed by atoms with E-state index in [2.05, 4.69) is 40.0 Å². The number of fused-ring (bicyclic) bond motifs is 1. The predicted octanol–water partition coefficient (Wildman–Crippen LogP) is 2.99. The van der Waals surface area contributed by atoms with E-state index in [1.165, 1.54) is 11.1 Å². The molecule has 0 unspecified atom stereocenters. The Kier molecular flexibility index (Phi) is 5.95. The minimum Gasteiger partial charge on any atom is -0.373 e. The van der Waals surface area contributed by atoms with Crippen molar-refractivity contribution in [3.63, 3.8) is 0 Å². The Hall–Kier alpha value is -2.34. The molecule has 0 bridgehead atoms. The van der Waals surface area contributed by atoms with Gasteiger partial charge in [-0.15, -0.1) is 0 Å². The van der Waals surface area contributed by atoms with Gasteiger partial charge in [0.05, 0.1) is 12.3 Å². The van der Waals surface area contributed by atoms with Crippen LogP contribution >= 0.6 is 0 Å². The fourth-order valence-electron chi connectivity index (χ4n) is 4.43. The summed E-state index contributed by atoms with van der Waals surface area (Å²) in [6, 6.07) is 8.64. The van der Waals surface area contributed by atoms with E-state index in [4.69, 9.17) is 4.74 Å². The quantitative estimate of drug-likeness (QED) is 0.781. The van der Waals surface area contributed by atoms with Gasteiger partial charge in [-0.2, -0.15) is 5.10 Å². The number of urea groups is 1. The summed E-state index contributed by atoms with van der Waals surface area (Å²) in [4.78, 5) is 12.3. The molecule has 1 aliphatic heterocycles. The van der Waals surface area contributed by atoms with Crippen LogP contribution in [0.2, 0.25) is 0 Å². The van der Waals surface area contributed by atoms with E-state index >= 15 is 0 Å². The van der Waals surface area contributed by atoms with Crippen molar-refractivity contribution in [2.75, 3.05) is 19.7 Å². The molecule has 2 aromatic rings. The minimum atomic E-state index is -0.0707. The molecule has 4 rings (SSSR count). The van der Waals surface area contributed by atoms with Crippen molar-refractivity contribution in [2.45, 2.75) is 38.2 Å². The molecular weight excluding hydrogens is 352 g/mol. The Morgan fingerprint density at radius 2 is 1.86 bits per heavy atom. The summed E-state index contributed by atoms with van der Waals surface area (Å²) in [5, 5.41) is 10.4. The van der Waals surface area contributed by atoms with E-state index in [9.17, 15) is 4.79 Å². The molecule has 0 saturated carbocycles. The Bertz CT molecular complexity index is 776. The third kappa shape index (κ3) is 4.55. The molecule has 150 valence electrons. The number of nitrogens with one attached hydrogen (secondary N) is 2. The van der Waals surface area contributed by atoms with Crippen LogP contribution in [0.4, 0.5) is 4.79 Å². The van der Waals surface area contributed by atoms with Gasteiger partial charge in [0.15, 0.2) is 0 Å². The lowest BCUT2D eigenvalue weighted by atomic mass is 9.97. The van der Waals surface area contributed by atoms with Crippen LogP contribution in [0, 0.1) is 11.8 Å². The molecule has 2 amide bonds. The molecule has 1 fully saturated rings. The first kappa shape index (κ1) is 19.0. The maximum Gasteiger partial charge on any atom is 0.314 e. The topological polar surface area (TPSA) is 68.2 Å². The lowest BCUT2D eigenvalue weighted by Crippen LogP contribution is -2.40. The van der Waals surface area contributed by atoms with E-state index in [1.807, 2.05) is 19.4 Å². The molecule has 2 heterocycles. The van der Waals surface area contributed by atoms with Gasteiger partial charge in [-0.1, -0.05) is 24.3 Å². The molecule has 6 nitrogen and oxygen atoms in total. The largest absolute Gasteiger partial charge is 0.373 e. The van der Waals surface area contributed by atoms with E-state index < -0.39 is 0 Å². The van der Waals surface area contributed by atoms with Crippen molar-refractivity contribution < 1.29 is 9.53 Å². The zero-order valence-electron chi connectivity index (χ0n) is 16.6. The second-order valence-electron chi connectivity index (χ2n) is 8.09. The van der Waals surface area contributed by atoms with E-state index in [0.717, 1.165) is 50.8 Å². The Morgan fingerprint density at radius 1 is 1.14 bits per heavy atom. The van der Waals surface area contributed by atoms with Gasteiger partial charge in [0.25, 0.3) is 0 Å². The molecule has 0 radical (unpaired) electrons. The van der Waals surface area contributed by atoms with Gasteiger partial charge in [-0.3, -0.25) is 4.68 Å².